The number of rotatable bonds is 4. The Kier molecular flexibility index (Phi) is 4.24. The largest absolute Gasteiger partial charge is 0.437 e. The van der Waals surface area contributed by atoms with E-state index in [0.29, 0.717) is 11.3 Å². The molecule has 6 nitrogen and oxygen atoms in total. The molecular formula is C17H14FN3O3. The number of nitrogens with one attached hydrogen (secondary N) is 1. The van der Waals surface area contributed by atoms with E-state index >= 15 is 0 Å². The number of amides is 1. The molecule has 0 spiro atoms. The third-order valence-electron chi connectivity index (χ3n) is 3.29. The second-order valence-corrected chi connectivity index (χ2v) is 5.26. The second kappa shape index (κ2) is 6.49. The summed E-state index contributed by atoms with van der Waals surface area (Å²) < 4.78 is 18.8. The normalized spacial score (nSPS) is 10.6. The van der Waals surface area contributed by atoms with Gasteiger partial charge in [0, 0.05) is 11.3 Å². The van der Waals surface area contributed by atoms with Gasteiger partial charge in [0.15, 0.2) is 0 Å². The average Bonchev–Trinajstić information content (AvgIpc) is 2.89. The van der Waals surface area contributed by atoms with E-state index in [1.54, 1.807) is 6.07 Å². The molecule has 24 heavy (non-hydrogen) atoms. The van der Waals surface area contributed by atoms with Crippen molar-refractivity contribution < 1.29 is 13.6 Å². The molecule has 0 unspecified atom stereocenters. The van der Waals surface area contributed by atoms with Crippen molar-refractivity contribution in [3.8, 4) is 11.5 Å². The fourth-order valence-electron chi connectivity index (χ4n) is 2.17. The maximum absolute atomic E-state index is 12.9. The van der Waals surface area contributed by atoms with Gasteiger partial charge < -0.3 is 9.73 Å². The SMILES string of the molecule is Cc1cccc(NC(=O)Cn2nc(-c3ccc(F)cc3)oc2=O)c1. The maximum atomic E-state index is 12.9. The third-order valence-corrected chi connectivity index (χ3v) is 3.29. The van der Waals surface area contributed by atoms with E-state index < -0.39 is 17.5 Å². The first-order valence-electron chi connectivity index (χ1n) is 7.22. The van der Waals surface area contributed by atoms with Crippen molar-refractivity contribution in [3.05, 3.63) is 70.5 Å². The van der Waals surface area contributed by atoms with Gasteiger partial charge >= 0.3 is 5.76 Å². The number of halogens is 1. The lowest BCUT2D eigenvalue weighted by Gasteiger charge is -2.05. The molecule has 3 aromatic rings. The Balaban J connectivity index is 1.74. The molecule has 1 amide bonds. The van der Waals surface area contributed by atoms with Gasteiger partial charge in [0.1, 0.15) is 12.4 Å². The molecule has 0 aliphatic rings. The lowest BCUT2D eigenvalue weighted by atomic mass is 10.2. The summed E-state index contributed by atoms with van der Waals surface area (Å²) in [5.41, 5.74) is 2.09. The number of carbonyl (C=O) groups excluding carboxylic acids is 1. The lowest BCUT2D eigenvalue weighted by molar-refractivity contribution is -0.117. The van der Waals surface area contributed by atoms with E-state index in [4.69, 9.17) is 4.42 Å². The zero-order chi connectivity index (χ0) is 17.1. The first-order chi connectivity index (χ1) is 11.5. The molecule has 0 aliphatic carbocycles. The summed E-state index contributed by atoms with van der Waals surface area (Å²) in [5.74, 6) is -1.53. The number of nitrogens with zero attached hydrogens (tertiary/aromatic N) is 2. The van der Waals surface area contributed by atoms with Crippen LogP contribution >= 0.6 is 0 Å². The van der Waals surface area contributed by atoms with Gasteiger partial charge in [0.25, 0.3) is 0 Å². The molecule has 0 bridgehead atoms. The highest BCUT2D eigenvalue weighted by molar-refractivity contribution is 5.90. The fraction of sp³-hybridized carbons (Fsp3) is 0.118. The molecule has 0 fully saturated rings. The predicted octanol–water partition coefficient (Wildman–Crippen LogP) is 2.59. The molecule has 0 saturated carbocycles. The Morgan fingerprint density at radius 3 is 2.71 bits per heavy atom. The number of hydrogen-bond donors (Lipinski definition) is 1. The molecular weight excluding hydrogens is 313 g/mol. The van der Waals surface area contributed by atoms with Gasteiger partial charge in [-0.1, -0.05) is 12.1 Å². The van der Waals surface area contributed by atoms with E-state index in [2.05, 4.69) is 10.4 Å². The Morgan fingerprint density at radius 1 is 1.25 bits per heavy atom. The number of hydrogen-bond acceptors (Lipinski definition) is 4. The average molecular weight is 327 g/mol. The van der Waals surface area contributed by atoms with Gasteiger partial charge in [-0.25, -0.2) is 9.18 Å². The van der Waals surface area contributed by atoms with E-state index in [-0.39, 0.29) is 12.4 Å². The minimum atomic E-state index is -0.756. The van der Waals surface area contributed by atoms with Crippen molar-refractivity contribution >= 4 is 11.6 Å². The number of benzene rings is 2. The monoisotopic (exact) mass is 327 g/mol. The van der Waals surface area contributed by atoms with Crippen LogP contribution in [0.3, 0.4) is 0 Å². The summed E-state index contributed by atoms with van der Waals surface area (Å²) in [4.78, 5) is 23.8. The minimum Gasteiger partial charge on any atom is -0.388 e. The van der Waals surface area contributed by atoms with Crippen LogP contribution in [0.5, 0.6) is 0 Å². The molecule has 3 rings (SSSR count). The van der Waals surface area contributed by atoms with Crippen LogP contribution in [0, 0.1) is 12.7 Å². The van der Waals surface area contributed by atoms with Crippen LogP contribution in [0.25, 0.3) is 11.5 Å². The van der Waals surface area contributed by atoms with Gasteiger partial charge in [-0.15, -0.1) is 5.10 Å². The summed E-state index contributed by atoms with van der Waals surface area (Å²) >= 11 is 0. The number of anilines is 1. The molecule has 0 aliphatic heterocycles. The zero-order valence-corrected chi connectivity index (χ0v) is 12.8. The molecule has 1 N–H and O–H groups in total. The van der Waals surface area contributed by atoms with Crippen molar-refractivity contribution in [2.75, 3.05) is 5.32 Å². The van der Waals surface area contributed by atoms with Crippen LogP contribution in [-0.4, -0.2) is 15.7 Å². The molecule has 1 aromatic heterocycles. The van der Waals surface area contributed by atoms with Crippen LogP contribution < -0.4 is 11.1 Å². The summed E-state index contributed by atoms with van der Waals surface area (Å²) in [7, 11) is 0. The number of aryl methyl sites for hydroxylation is 1. The quantitative estimate of drug-likeness (QED) is 0.799. The molecule has 2 aromatic carbocycles. The molecule has 0 radical (unpaired) electrons. The predicted molar refractivity (Wildman–Crippen MR) is 86.0 cm³/mol. The summed E-state index contributed by atoms with van der Waals surface area (Å²) in [6.07, 6.45) is 0. The highest BCUT2D eigenvalue weighted by Crippen LogP contribution is 2.15. The van der Waals surface area contributed by atoms with Crippen molar-refractivity contribution in [2.24, 2.45) is 0 Å². The Hall–Kier alpha value is -3.22. The van der Waals surface area contributed by atoms with Gasteiger partial charge in [0.2, 0.25) is 11.8 Å². The Bertz CT molecular complexity index is 929. The summed E-state index contributed by atoms with van der Waals surface area (Å²) in [6, 6.07) is 12.6. The topological polar surface area (TPSA) is 77.1 Å². The van der Waals surface area contributed by atoms with Crippen molar-refractivity contribution in [1.82, 2.24) is 9.78 Å². The summed E-state index contributed by atoms with van der Waals surface area (Å²) in [6.45, 7) is 1.63. The van der Waals surface area contributed by atoms with Crippen LogP contribution in [0.15, 0.2) is 57.7 Å². The number of aromatic nitrogens is 2. The van der Waals surface area contributed by atoms with Gasteiger partial charge in [-0.3, -0.25) is 4.79 Å². The van der Waals surface area contributed by atoms with E-state index in [1.165, 1.54) is 24.3 Å². The van der Waals surface area contributed by atoms with Crippen LogP contribution in [0.2, 0.25) is 0 Å². The molecule has 0 saturated heterocycles. The molecule has 122 valence electrons. The first kappa shape index (κ1) is 15.7. The standard InChI is InChI=1S/C17H14FN3O3/c1-11-3-2-4-14(9-11)19-15(22)10-21-17(23)24-16(20-21)12-5-7-13(18)8-6-12/h2-9H,10H2,1H3,(H,19,22). The van der Waals surface area contributed by atoms with Crippen LogP contribution in [0.1, 0.15) is 5.56 Å². The minimum absolute atomic E-state index is 0.0309. The highest BCUT2D eigenvalue weighted by Gasteiger charge is 2.13. The Labute approximate surface area is 136 Å². The smallest absolute Gasteiger partial charge is 0.388 e. The van der Waals surface area contributed by atoms with Gasteiger partial charge in [0.05, 0.1) is 0 Å². The molecule has 0 atom stereocenters. The van der Waals surface area contributed by atoms with Crippen molar-refractivity contribution in [3.63, 3.8) is 0 Å². The fourth-order valence-corrected chi connectivity index (χ4v) is 2.17. The molecule has 7 heteroatoms. The summed E-state index contributed by atoms with van der Waals surface area (Å²) in [5, 5.41) is 6.65. The first-order valence-corrected chi connectivity index (χ1v) is 7.22. The van der Waals surface area contributed by atoms with Gasteiger partial charge in [-0.05, 0) is 48.9 Å². The van der Waals surface area contributed by atoms with E-state index in [9.17, 15) is 14.0 Å². The van der Waals surface area contributed by atoms with Crippen molar-refractivity contribution in [2.45, 2.75) is 13.5 Å². The highest BCUT2D eigenvalue weighted by atomic mass is 19.1. The van der Waals surface area contributed by atoms with Gasteiger partial charge in [-0.2, -0.15) is 4.68 Å². The maximum Gasteiger partial charge on any atom is 0.437 e. The third kappa shape index (κ3) is 3.57. The number of carbonyl (C=O) groups is 1. The molecule has 1 heterocycles. The van der Waals surface area contributed by atoms with E-state index in [1.807, 2.05) is 25.1 Å². The van der Waals surface area contributed by atoms with Crippen molar-refractivity contribution in [1.29, 1.82) is 0 Å². The second-order valence-electron chi connectivity index (χ2n) is 5.26. The van der Waals surface area contributed by atoms with Crippen LogP contribution in [-0.2, 0) is 11.3 Å². The van der Waals surface area contributed by atoms with E-state index in [0.717, 1.165) is 10.2 Å². The Morgan fingerprint density at radius 2 is 2.00 bits per heavy atom. The lowest BCUT2D eigenvalue weighted by Crippen LogP contribution is -2.25. The zero-order valence-electron chi connectivity index (χ0n) is 12.8. The van der Waals surface area contributed by atoms with Crippen LogP contribution in [0.4, 0.5) is 10.1 Å².